The van der Waals surface area contributed by atoms with Crippen LogP contribution < -0.4 is 10.2 Å². The molecule has 6 N–H and O–H groups in total. The molecule has 0 aromatic carbocycles. The van der Waals surface area contributed by atoms with Crippen LogP contribution in [0.1, 0.15) is 25.7 Å². The molecule has 0 saturated heterocycles. The average Bonchev–Trinajstić information content (AvgIpc) is 2.53. The maximum absolute atomic E-state index is 10.3. The summed E-state index contributed by atoms with van der Waals surface area (Å²) in [6.07, 6.45) is -4.88. The molecule has 0 unspecified atom stereocenters. The van der Waals surface area contributed by atoms with Gasteiger partial charge in [0.25, 0.3) is 0 Å². The van der Waals surface area contributed by atoms with Gasteiger partial charge in [-0.3, -0.25) is 9.59 Å². The SMILES string of the molecule is O=C([O-])C[C@@](O)(CC(=O)O)C(=O)O.O=C([O-])C[C@](O)(CC(=O)O)C(=O)O.[O]=[V]=[O].[O]=[V]=[O]. The zero-order valence-electron chi connectivity index (χ0n) is 15.3. The fourth-order valence-corrected chi connectivity index (χ4v) is 1.41. The van der Waals surface area contributed by atoms with Gasteiger partial charge in [0.05, 0.1) is 12.8 Å². The summed E-state index contributed by atoms with van der Waals surface area (Å²) in [7, 11) is 0. The van der Waals surface area contributed by atoms with E-state index in [1.807, 2.05) is 0 Å². The van der Waals surface area contributed by atoms with Crippen LogP contribution in [0, 0.1) is 0 Å². The van der Waals surface area contributed by atoms with Crippen molar-refractivity contribution in [3.05, 3.63) is 0 Å². The van der Waals surface area contributed by atoms with Gasteiger partial charge in [0, 0.05) is 24.8 Å². The van der Waals surface area contributed by atoms with Crippen molar-refractivity contribution < 1.29 is 117 Å². The number of carboxylic acid groups (broad SMARTS) is 6. The molecule has 0 saturated carbocycles. The van der Waals surface area contributed by atoms with Crippen LogP contribution >= 0.6 is 0 Å². The Hall–Kier alpha value is -2.89. The minimum absolute atomic E-state index is 1.18. The number of carbonyl (C=O) groups is 6. The number of rotatable bonds is 10. The molecule has 0 amide bonds. The zero-order valence-corrected chi connectivity index (χ0v) is 18.1. The predicted octanol–water partition coefficient (Wildman–Crippen LogP) is -5.65. The van der Waals surface area contributed by atoms with E-state index in [0.717, 1.165) is 0 Å². The molecule has 0 rings (SSSR count). The normalized spacial score (nSPS) is 12.3. The van der Waals surface area contributed by atoms with Crippen molar-refractivity contribution >= 4 is 35.8 Å². The Morgan fingerprint density at radius 3 is 0.844 bits per heavy atom. The molecule has 0 aliphatic heterocycles. The van der Waals surface area contributed by atoms with Gasteiger partial charge in [-0.25, -0.2) is 9.59 Å². The first-order valence-electron chi connectivity index (χ1n) is 7.03. The van der Waals surface area contributed by atoms with Gasteiger partial charge in [-0.2, -0.15) is 0 Å². The van der Waals surface area contributed by atoms with Crippen molar-refractivity contribution in [3.63, 3.8) is 0 Å². The molecule has 0 aliphatic carbocycles. The number of aliphatic carboxylic acids is 6. The van der Waals surface area contributed by atoms with E-state index in [4.69, 9.17) is 45.3 Å². The molecule has 32 heavy (non-hydrogen) atoms. The van der Waals surface area contributed by atoms with E-state index in [-0.39, 0.29) is 0 Å². The van der Waals surface area contributed by atoms with Gasteiger partial charge >= 0.3 is 70.9 Å². The Labute approximate surface area is 189 Å². The van der Waals surface area contributed by atoms with Gasteiger partial charge in [0.15, 0.2) is 11.2 Å². The zero-order chi connectivity index (χ0) is 26.7. The summed E-state index contributed by atoms with van der Waals surface area (Å²) in [6, 6.07) is 0. The number of carboxylic acids is 6. The van der Waals surface area contributed by atoms with E-state index in [9.17, 15) is 39.0 Å². The second-order valence-electron chi connectivity index (χ2n) is 5.06. The molecule has 18 nitrogen and oxygen atoms in total. The van der Waals surface area contributed by atoms with Gasteiger partial charge in [-0.05, 0) is 0 Å². The van der Waals surface area contributed by atoms with Gasteiger partial charge in [0.2, 0.25) is 0 Å². The summed E-state index contributed by atoms with van der Waals surface area (Å²) >= 11 is -3.62. The third-order valence-corrected chi connectivity index (χ3v) is 2.56. The topological polar surface area (TPSA) is 338 Å². The van der Waals surface area contributed by atoms with Crippen molar-refractivity contribution in [3.8, 4) is 0 Å². The summed E-state index contributed by atoms with van der Waals surface area (Å²) in [5, 5.41) is 71.0. The van der Waals surface area contributed by atoms with Crippen molar-refractivity contribution in [1.29, 1.82) is 0 Å². The van der Waals surface area contributed by atoms with Crippen molar-refractivity contribution in [1.82, 2.24) is 0 Å². The van der Waals surface area contributed by atoms with Gasteiger partial charge in [-0.1, -0.05) is 0 Å². The van der Waals surface area contributed by atoms with Crippen LogP contribution in [0.25, 0.3) is 0 Å². The molecular formula is C12H14O18V2-2. The second-order valence-corrected chi connectivity index (χ2v) is 5.53. The van der Waals surface area contributed by atoms with Crippen LogP contribution in [-0.2, 0) is 75.8 Å². The Morgan fingerprint density at radius 2 is 0.750 bits per heavy atom. The average molecular weight is 548 g/mol. The van der Waals surface area contributed by atoms with E-state index in [2.05, 4.69) is 0 Å². The Bertz CT molecular complexity index is 664. The molecule has 0 aromatic heterocycles. The van der Waals surface area contributed by atoms with Crippen molar-refractivity contribution in [2.24, 2.45) is 0 Å². The first-order valence-corrected chi connectivity index (χ1v) is 9.31. The first kappa shape index (κ1) is 36.5. The Kier molecular flexibility index (Phi) is 21.5. The number of aliphatic hydroxyl groups is 2. The fourth-order valence-electron chi connectivity index (χ4n) is 1.41. The molecule has 0 aliphatic rings. The van der Waals surface area contributed by atoms with Gasteiger partial charge < -0.3 is 50.4 Å². The van der Waals surface area contributed by atoms with E-state index in [0.29, 0.717) is 0 Å². The summed E-state index contributed by atoms with van der Waals surface area (Å²) in [5.74, 6) is -10.7. The molecule has 2 atom stereocenters. The van der Waals surface area contributed by atoms with E-state index >= 15 is 0 Å². The number of carbonyl (C=O) groups excluding carboxylic acids is 2. The molecular weight excluding hydrogens is 534 g/mol. The standard InChI is InChI=1S/2C6H8O7.4O.2V/c2*7-3(8)1-6(13,5(11)12)2-4(9)10;;;;;;/h2*13H,1-2H2,(H,7,8)(H,9,10)(H,11,12);;;;;;/p-2. The summed E-state index contributed by atoms with van der Waals surface area (Å²) in [4.78, 5) is 60.7. The summed E-state index contributed by atoms with van der Waals surface area (Å²) in [6.45, 7) is 0. The third kappa shape index (κ3) is 21.8. The van der Waals surface area contributed by atoms with Gasteiger partial charge in [0.1, 0.15) is 0 Å². The third-order valence-electron chi connectivity index (χ3n) is 2.56. The molecule has 0 heterocycles. The van der Waals surface area contributed by atoms with Crippen LogP contribution in [0.15, 0.2) is 0 Å². The minimum atomic E-state index is -2.80. The van der Waals surface area contributed by atoms with Crippen LogP contribution in [0.5, 0.6) is 0 Å². The molecule has 0 aromatic rings. The van der Waals surface area contributed by atoms with Crippen LogP contribution in [0.3, 0.4) is 0 Å². The second kappa shape index (κ2) is 18.8. The monoisotopic (exact) mass is 548 g/mol. The van der Waals surface area contributed by atoms with Crippen molar-refractivity contribution in [2.45, 2.75) is 36.9 Å². The van der Waals surface area contributed by atoms with Crippen LogP contribution in [0.4, 0.5) is 0 Å². The van der Waals surface area contributed by atoms with Crippen molar-refractivity contribution in [2.75, 3.05) is 0 Å². The number of hydrogen-bond acceptors (Lipinski definition) is 14. The first-order chi connectivity index (χ1) is 14.4. The fraction of sp³-hybridized carbons (Fsp3) is 0.500. The Morgan fingerprint density at radius 1 is 0.562 bits per heavy atom. The van der Waals surface area contributed by atoms with Crippen LogP contribution in [0.2, 0.25) is 0 Å². The van der Waals surface area contributed by atoms with E-state index in [1.54, 1.807) is 0 Å². The maximum atomic E-state index is 10.3. The molecule has 20 heteroatoms. The summed E-state index contributed by atoms with van der Waals surface area (Å²) < 4.78 is 33.9. The van der Waals surface area contributed by atoms with Gasteiger partial charge in [-0.15, -0.1) is 0 Å². The molecule has 0 fully saturated rings. The predicted molar refractivity (Wildman–Crippen MR) is 71.7 cm³/mol. The molecule has 0 spiro atoms. The summed E-state index contributed by atoms with van der Waals surface area (Å²) in [5.41, 5.74) is -5.60. The van der Waals surface area contributed by atoms with E-state index < -0.39 is 105 Å². The molecule has 0 radical (unpaired) electrons. The Balaban J connectivity index is -0.000000196. The molecule has 182 valence electrons. The molecule has 0 bridgehead atoms. The quantitative estimate of drug-likeness (QED) is 0.148. The van der Waals surface area contributed by atoms with Crippen LogP contribution in [-0.4, -0.2) is 77.7 Å². The number of hydrogen-bond donors (Lipinski definition) is 6. The van der Waals surface area contributed by atoms with E-state index in [1.165, 1.54) is 0 Å².